The van der Waals surface area contributed by atoms with Gasteiger partial charge in [0.1, 0.15) is 17.3 Å². The fourth-order valence-corrected chi connectivity index (χ4v) is 2.20. The molecular formula is C15H24N6. The zero-order valence-electron chi connectivity index (χ0n) is 13.3. The molecule has 0 atom stereocenters. The van der Waals surface area contributed by atoms with Crippen molar-refractivity contribution >= 4 is 5.82 Å². The lowest BCUT2D eigenvalue weighted by molar-refractivity contribution is 0.583. The lowest BCUT2D eigenvalue weighted by Crippen LogP contribution is -2.10. The minimum Gasteiger partial charge on any atom is -0.370 e. The van der Waals surface area contributed by atoms with E-state index in [4.69, 9.17) is 4.98 Å². The summed E-state index contributed by atoms with van der Waals surface area (Å²) in [4.78, 5) is 9.30. The number of aromatic nitrogens is 5. The largest absolute Gasteiger partial charge is 0.370 e. The number of nitrogens with one attached hydrogen (secondary N) is 1. The van der Waals surface area contributed by atoms with E-state index in [0.717, 1.165) is 60.9 Å². The standard InChI is InChI=1S/C15H24N6/c1-5-8-16-15-11(4)14(18-13(7-3)19-15)12-10-17-20-21(12)9-6-2/h10H,5-9H2,1-4H3,(H,16,18,19). The van der Waals surface area contributed by atoms with Gasteiger partial charge in [-0.3, -0.25) is 0 Å². The summed E-state index contributed by atoms with van der Waals surface area (Å²) in [5.41, 5.74) is 2.95. The molecule has 0 fully saturated rings. The summed E-state index contributed by atoms with van der Waals surface area (Å²) in [6.07, 6.45) is 4.68. The van der Waals surface area contributed by atoms with Crippen molar-refractivity contribution in [1.29, 1.82) is 0 Å². The molecule has 0 saturated heterocycles. The third-order valence-electron chi connectivity index (χ3n) is 3.35. The molecule has 0 aliphatic rings. The smallest absolute Gasteiger partial charge is 0.133 e. The lowest BCUT2D eigenvalue weighted by Gasteiger charge is -2.13. The van der Waals surface area contributed by atoms with Crippen molar-refractivity contribution in [2.75, 3.05) is 11.9 Å². The van der Waals surface area contributed by atoms with Crippen molar-refractivity contribution in [3.8, 4) is 11.4 Å². The number of hydrogen-bond acceptors (Lipinski definition) is 5. The van der Waals surface area contributed by atoms with Crippen molar-refractivity contribution in [1.82, 2.24) is 25.0 Å². The van der Waals surface area contributed by atoms with Crippen molar-refractivity contribution in [3.63, 3.8) is 0 Å². The fourth-order valence-electron chi connectivity index (χ4n) is 2.20. The second-order valence-electron chi connectivity index (χ2n) is 5.08. The normalized spacial score (nSPS) is 10.9. The van der Waals surface area contributed by atoms with Gasteiger partial charge in [0.25, 0.3) is 0 Å². The van der Waals surface area contributed by atoms with Gasteiger partial charge in [0.15, 0.2) is 0 Å². The van der Waals surface area contributed by atoms with Gasteiger partial charge in [0, 0.05) is 25.1 Å². The highest BCUT2D eigenvalue weighted by molar-refractivity contribution is 5.64. The first kappa shape index (κ1) is 15.4. The van der Waals surface area contributed by atoms with Gasteiger partial charge in [0.05, 0.1) is 11.9 Å². The molecule has 6 heteroatoms. The maximum absolute atomic E-state index is 4.69. The molecule has 21 heavy (non-hydrogen) atoms. The van der Waals surface area contributed by atoms with Crippen LogP contribution in [0.2, 0.25) is 0 Å². The van der Waals surface area contributed by atoms with Crippen LogP contribution in [0.25, 0.3) is 11.4 Å². The summed E-state index contributed by atoms with van der Waals surface area (Å²) in [5, 5.41) is 11.6. The molecule has 2 aromatic rings. The van der Waals surface area contributed by atoms with E-state index in [9.17, 15) is 0 Å². The minimum atomic E-state index is 0.809. The van der Waals surface area contributed by atoms with Gasteiger partial charge < -0.3 is 5.32 Å². The predicted octanol–water partition coefficient (Wildman–Crippen LogP) is 2.84. The van der Waals surface area contributed by atoms with Crippen LogP contribution in [0.4, 0.5) is 5.82 Å². The number of nitrogens with zero attached hydrogens (tertiary/aromatic N) is 5. The van der Waals surface area contributed by atoms with Gasteiger partial charge in [-0.25, -0.2) is 14.6 Å². The molecule has 114 valence electrons. The van der Waals surface area contributed by atoms with E-state index < -0.39 is 0 Å². The van der Waals surface area contributed by atoms with Crippen LogP contribution in [0.15, 0.2) is 6.20 Å². The Morgan fingerprint density at radius 2 is 1.95 bits per heavy atom. The van der Waals surface area contributed by atoms with Crippen LogP contribution >= 0.6 is 0 Å². The van der Waals surface area contributed by atoms with E-state index in [2.05, 4.69) is 48.3 Å². The molecule has 2 rings (SSSR count). The highest BCUT2D eigenvalue weighted by Gasteiger charge is 2.15. The highest BCUT2D eigenvalue weighted by atomic mass is 15.4. The van der Waals surface area contributed by atoms with Crippen molar-refractivity contribution in [3.05, 3.63) is 17.6 Å². The zero-order chi connectivity index (χ0) is 15.2. The zero-order valence-corrected chi connectivity index (χ0v) is 13.3. The van der Waals surface area contributed by atoms with Crippen molar-refractivity contribution in [2.24, 2.45) is 0 Å². The quantitative estimate of drug-likeness (QED) is 0.848. The molecule has 2 aromatic heterocycles. The molecule has 1 N–H and O–H groups in total. The summed E-state index contributed by atoms with van der Waals surface area (Å²) in [5.74, 6) is 1.77. The summed E-state index contributed by atoms with van der Waals surface area (Å²) < 4.78 is 1.92. The van der Waals surface area contributed by atoms with E-state index in [0.29, 0.717) is 0 Å². The van der Waals surface area contributed by atoms with Crippen LogP contribution in [0.3, 0.4) is 0 Å². The molecule has 0 spiro atoms. The van der Waals surface area contributed by atoms with Crippen LogP contribution in [-0.2, 0) is 13.0 Å². The van der Waals surface area contributed by atoms with Gasteiger partial charge in [-0.2, -0.15) is 0 Å². The number of aryl methyl sites for hydroxylation is 2. The highest BCUT2D eigenvalue weighted by Crippen LogP contribution is 2.25. The molecule has 2 heterocycles. The third kappa shape index (κ3) is 3.37. The Morgan fingerprint density at radius 1 is 1.14 bits per heavy atom. The topological polar surface area (TPSA) is 68.5 Å². The summed E-state index contributed by atoms with van der Waals surface area (Å²) in [7, 11) is 0. The van der Waals surface area contributed by atoms with Gasteiger partial charge >= 0.3 is 0 Å². The molecular weight excluding hydrogens is 264 g/mol. The first-order valence-electron chi connectivity index (χ1n) is 7.71. The molecule has 0 unspecified atom stereocenters. The van der Waals surface area contributed by atoms with E-state index in [-0.39, 0.29) is 0 Å². The molecule has 0 bridgehead atoms. The van der Waals surface area contributed by atoms with Gasteiger partial charge in [0.2, 0.25) is 0 Å². The van der Waals surface area contributed by atoms with Gasteiger partial charge in [-0.1, -0.05) is 26.0 Å². The van der Waals surface area contributed by atoms with E-state index in [1.165, 1.54) is 0 Å². The first-order valence-corrected chi connectivity index (χ1v) is 7.71. The Labute approximate surface area is 126 Å². The molecule has 6 nitrogen and oxygen atoms in total. The fraction of sp³-hybridized carbons (Fsp3) is 0.600. The van der Waals surface area contributed by atoms with Crippen LogP contribution < -0.4 is 5.32 Å². The average molecular weight is 288 g/mol. The maximum Gasteiger partial charge on any atom is 0.133 e. The average Bonchev–Trinajstić information content (AvgIpc) is 2.95. The van der Waals surface area contributed by atoms with Crippen LogP contribution in [0.1, 0.15) is 45.0 Å². The van der Waals surface area contributed by atoms with Crippen LogP contribution in [-0.4, -0.2) is 31.5 Å². The predicted molar refractivity (Wildman–Crippen MR) is 84.2 cm³/mol. The number of hydrogen-bond donors (Lipinski definition) is 1. The molecule has 0 radical (unpaired) electrons. The molecule has 0 saturated carbocycles. The summed E-state index contributed by atoms with van der Waals surface area (Å²) in [6, 6.07) is 0. The monoisotopic (exact) mass is 288 g/mol. The van der Waals surface area contributed by atoms with Crippen LogP contribution in [0, 0.1) is 6.92 Å². The Bertz CT molecular complexity index is 590. The molecule has 0 aliphatic heterocycles. The Hall–Kier alpha value is -1.98. The number of anilines is 1. The Kier molecular flexibility index (Phi) is 5.25. The van der Waals surface area contributed by atoms with E-state index in [1.807, 2.05) is 4.68 Å². The third-order valence-corrected chi connectivity index (χ3v) is 3.35. The van der Waals surface area contributed by atoms with Gasteiger partial charge in [-0.15, -0.1) is 5.10 Å². The maximum atomic E-state index is 4.69. The molecule has 0 amide bonds. The van der Waals surface area contributed by atoms with Crippen LogP contribution in [0.5, 0.6) is 0 Å². The SMILES string of the molecule is CCCNc1nc(CC)nc(-c2cnnn2CCC)c1C. The summed E-state index contributed by atoms with van der Waals surface area (Å²) >= 11 is 0. The van der Waals surface area contributed by atoms with E-state index in [1.54, 1.807) is 6.20 Å². The van der Waals surface area contributed by atoms with Crippen molar-refractivity contribution in [2.45, 2.75) is 53.5 Å². The number of rotatable bonds is 7. The van der Waals surface area contributed by atoms with Crippen molar-refractivity contribution < 1.29 is 0 Å². The second-order valence-corrected chi connectivity index (χ2v) is 5.08. The molecule has 0 aromatic carbocycles. The van der Waals surface area contributed by atoms with Gasteiger partial charge in [-0.05, 0) is 19.8 Å². The minimum absolute atomic E-state index is 0.809. The first-order chi connectivity index (χ1) is 10.2. The Balaban J connectivity index is 2.48. The lowest BCUT2D eigenvalue weighted by atomic mass is 10.1. The van der Waals surface area contributed by atoms with E-state index >= 15 is 0 Å². The molecule has 0 aliphatic carbocycles. The Morgan fingerprint density at radius 3 is 2.62 bits per heavy atom. The second kappa shape index (κ2) is 7.15. The summed E-state index contributed by atoms with van der Waals surface area (Å²) in [6.45, 7) is 10.1.